The molecule has 184 valence electrons. The van der Waals surface area contributed by atoms with Gasteiger partial charge >= 0.3 is 6.36 Å². The molecule has 0 saturated carbocycles. The summed E-state index contributed by atoms with van der Waals surface area (Å²) in [6.45, 7) is 6.40. The third kappa shape index (κ3) is 5.39. The van der Waals surface area contributed by atoms with Crippen LogP contribution in [0, 0.1) is 13.8 Å². The highest BCUT2D eigenvalue weighted by Gasteiger charge is 2.34. The Morgan fingerprint density at radius 1 is 1.00 bits per heavy atom. The average molecular weight is 477 g/mol. The highest BCUT2D eigenvalue weighted by molar-refractivity contribution is 5.98. The number of nitrogens with zero attached hydrogens (tertiary/aromatic N) is 2. The second-order valence-electron chi connectivity index (χ2n) is 9.30. The topological polar surface area (TPSA) is 53.0 Å². The monoisotopic (exact) mass is 476 g/mol. The van der Waals surface area contributed by atoms with Gasteiger partial charge in [0.15, 0.2) is 0 Å². The van der Waals surface area contributed by atoms with Crippen LogP contribution < -0.4 is 4.74 Å². The molecule has 0 aliphatic carbocycles. The number of aryl methyl sites for hydroxylation is 2. The van der Waals surface area contributed by atoms with Gasteiger partial charge in [0.25, 0.3) is 5.91 Å². The van der Waals surface area contributed by atoms with E-state index in [1.165, 1.54) is 12.1 Å². The molecule has 2 fully saturated rings. The first-order valence-corrected chi connectivity index (χ1v) is 11.8. The predicted octanol–water partition coefficient (Wildman–Crippen LogP) is 4.93. The zero-order valence-electron chi connectivity index (χ0n) is 19.6. The summed E-state index contributed by atoms with van der Waals surface area (Å²) in [5.41, 5.74) is 3.97. The molecule has 2 aromatic rings. The molecule has 4 rings (SSSR count). The van der Waals surface area contributed by atoms with Crippen molar-refractivity contribution in [1.82, 2.24) is 9.80 Å². The molecule has 2 saturated heterocycles. The van der Waals surface area contributed by atoms with Gasteiger partial charge in [-0.2, -0.15) is 0 Å². The van der Waals surface area contributed by atoms with Crippen molar-refractivity contribution in [2.24, 2.45) is 0 Å². The van der Waals surface area contributed by atoms with E-state index in [-0.39, 0.29) is 24.3 Å². The van der Waals surface area contributed by atoms with Gasteiger partial charge in [0.05, 0.1) is 6.61 Å². The Hall–Kier alpha value is -2.58. The van der Waals surface area contributed by atoms with E-state index in [2.05, 4.69) is 9.64 Å². The molecule has 34 heavy (non-hydrogen) atoms. The third-order valence-electron chi connectivity index (χ3n) is 7.02. The SMILES string of the molecule is Cc1cc(-c2ccc(OC(F)(F)F)cc2)cc(C)c1C(=O)N1CCC(N2CCCC2CO)CC1. The third-order valence-corrected chi connectivity index (χ3v) is 7.02. The molecule has 0 spiro atoms. The second kappa shape index (κ2) is 9.96. The van der Waals surface area contributed by atoms with Crippen molar-refractivity contribution < 1.29 is 27.8 Å². The van der Waals surface area contributed by atoms with Crippen molar-refractivity contribution in [2.75, 3.05) is 26.2 Å². The van der Waals surface area contributed by atoms with E-state index in [1.807, 2.05) is 30.9 Å². The van der Waals surface area contributed by atoms with Gasteiger partial charge in [-0.05, 0) is 80.5 Å². The Labute approximate surface area is 198 Å². The number of carbonyl (C=O) groups is 1. The lowest BCUT2D eigenvalue weighted by atomic mass is 9.94. The zero-order valence-corrected chi connectivity index (χ0v) is 19.6. The lowest BCUT2D eigenvalue weighted by Gasteiger charge is -2.39. The molecule has 2 aliphatic heterocycles. The van der Waals surface area contributed by atoms with Gasteiger partial charge in [-0.25, -0.2) is 0 Å². The number of likely N-dealkylation sites (tertiary alicyclic amines) is 2. The number of piperidine rings is 1. The summed E-state index contributed by atoms with van der Waals surface area (Å²) < 4.78 is 41.2. The number of hydrogen-bond acceptors (Lipinski definition) is 4. The van der Waals surface area contributed by atoms with E-state index in [4.69, 9.17) is 0 Å². The molecule has 0 radical (unpaired) electrons. The summed E-state index contributed by atoms with van der Waals surface area (Å²) in [7, 11) is 0. The molecular formula is C26H31F3N2O3. The van der Waals surface area contributed by atoms with Gasteiger partial charge in [0, 0.05) is 30.7 Å². The summed E-state index contributed by atoms with van der Waals surface area (Å²) in [5.74, 6) is -0.242. The molecule has 8 heteroatoms. The van der Waals surface area contributed by atoms with Crippen molar-refractivity contribution in [2.45, 2.75) is 58.0 Å². The van der Waals surface area contributed by atoms with Crippen LogP contribution in [0.2, 0.25) is 0 Å². The van der Waals surface area contributed by atoms with Crippen LogP contribution in [-0.2, 0) is 0 Å². The quantitative estimate of drug-likeness (QED) is 0.665. The molecule has 2 aromatic carbocycles. The Balaban J connectivity index is 1.44. The number of benzene rings is 2. The number of rotatable bonds is 5. The van der Waals surface area contributed by atoms with Gasteiger partial charge in [0.1, 0.15) is 5.75 Å². The van der Waals surface area contributed by atoms with E-state index in [0.29, 0.717) is 24.7 Å². The van der Waals surface area contributed by atoms with Crippen LogP contribution in [0.1, 0.15) is 47.2 Å². The Kier molecular flexibility index (Phi) is 7.19. The van der Waals surface area contributed by atoms with Crippen LogP contribution in [0.5, 0.6) is 5.75 Å². The van der Waals surface area contributed by atoms with Crippen molar-refractivity contribution in [1.29, 1.82) is 0 Å². The summed E-state index contributed by atoms with van der Waals surface area (Å²) >= 11 is 0. The van der Waals surface area contributed by atoms with Gasteiger partial charge in [0.2, 0.25) is 0 Å². The van der Waals surface area contributed by atoms with Crippen molar-refractivity contribution >= 4 is 5.91 Å². The van der Waals surface area contributed by atoms with Crippen molar-refractivity contribution in [3.8, 4) is 16.9 Å². The van der Waals surface area contributed by atoms with Crippen LogP contribution in [0.25, 0.3) is 11.1 Å². The maximum Gasteiger partial charge on any atom is 0.573 e. The number of amides is 1. The normalized spacial score (nSPS) is 20.1. The minimum atomic E-state index is -4.72. The summed E-state index contributed by atoms with van der Waals surface area (Å²) in [4.78, 5) is 17.7. The zero-order chi connectivity index (χ0) is 24.5. The Morgan fingerprint density at radius 3 is 2.18 bits per heavy atom. The fourth-order valence-corrected chi connectivity index (χ4v) is 5.41. The lowest BCUT2D eigenvalue weighted by Crippen LogP contribution is -2.49. The van der Waals surface area contributed by atoms with Gasteiger partial charge < -0.3 is 14.7 Å². The predicted molar refractivity (Wildman–Crippen MR) is 124 cm³/mol. The molecule has 0 bridgehead atoms. The fraction of sp³-hybridized carbons (Fsp3) is 0.500. The summed E-state index contributed by atoms with van der Waals surface area (Å²) in [6.07, 6.45) is -0.749. The standard InChI is InChI=1S/C26H31F3N2O3/c1-17-14-20(19-5-7-23(8-6-19)34-26(27,28)29)15-18(2)24(17)25(33)30-12-9-21(10-13-30)31-11-3-4-22(31)16-32/h5-8,14-15,21-22,32H,3-4,9-13,16H2,1-2H3. The fourth-order valence-electron chi connectivity index (χ4n) is 5.41. The first-order valence-electron chi connectivity index (χ1n) is 11.8. The number of alkyl halides is 3. The van der Waals surface area contributed by atoms with Crippen LogP contribution in [0.3, 0.4) is 0 Å². The molecule has 1 unspecified atom stereocenters. The van der Waals surface area contributed by atoms with Crippen LogP contribution in [0.4, 0.5) is 13.2 Å². The summed E-state index contributed by atoms with van der Waals surface area (Å²) in [5, 5.41) is 9.62. The minimum Gasteiger partial charge on any atom is -0.406 e. The van der Waals surface area contributed by atoms with E-state index < -0.39 is 6.36 Å². The first-order chi connectivity index (χ1) is 16.2. The Morgan fingerprint density at radius 2 is 1.62 bits per heavy atom. The van der Waals surface area contributed by atoms with Crippen LogP contribution >= 0.6 is 0 Å². The Bertz CT molecular complexity index is 992. The molecule has 1 atom stereocenters. The number of hydrogen-bond donors (Lipinski definition) is 1. The van der Waals surface area contributed by atoms with E-state index in [0.717, 1.165) is 54.5 Å². The molecular weight excluding hydrogens is 445 g/mol. The maximum absolute atomic E-state index is 13.4. The molecule has 0 aromatic heterocycles. The average Bonchev–Trinajstić information content (AvgIpc) is 3.27. The highest BCUT2D eigenvalue weighted by Crippen LogP contribution is 2.31. The molecule has 5 nitrogen and oxygen atoms in total. The molecule has 2 aliphatic rings. The van der Waals surface area contributed by atoms with Gasteiger partial charge in [-0.3, -0.25) is 9.69 Å². The van der Waals surface area contributed by atoms with Crippen LogP contribution in [0.15, 0.2) is 36.4 Å². The minimum absolute atomic E-state index is 0.0223. The number of aliphatic hydroxyl groups is 1. The second-order valence-corrected chi connectivity index (χ2v) is 9.30. The van der Waals surface area contributed by atoms with E-state index >= 15 is 0 Å². The van der Waals surface area contributed by atoms with Crippen LogP contribution in [-0.4, -0.2) is 65.5 Å². The van der Waals surface area contributed by atoms with Gasteiger partial charge in [-0.1, -0.05) is 24.3 Å². The molecule has 2 heterocycles. The number of halogens is 3. The number of ether oxygens (including phenoxy) is 1. The van der Waals surface area contributed by atoms with Gasteiger partial charge in [-0.15, -0.1) is 13.2 Å². The van der Waals surface area contributed by atoms with E-state index in [1.54, 1.807) is 12.1 Å². The summed E-state index contributed by atoms with van der Waals surface area (Å²) in [6, 6.07) is 10.2. The number of carbonyl (C=O) groups excluding carboxylic acids is 1. The largest absolute Gasteiger partial charge is 0.573 e. The first kappa shape index (κ1) is 24.5. The lowest BCUT2D eigenvalue weighted by molar-refractivity contribution is -0.274. The molecule has 1 N–H and O–H groups in total. The van der Waals surface area contributed by atoms with Crippen molar-refractivity contribution in [3.05, 3.63) is 53.1 Å². The number of aliphatic hydroxyl groups excluding tert-OH is 1. The highest BCUT2D eigenvalue weighted by atomic mass is 19.4. The maximum atomic E-state index is 13.4. The molecule has 1 amide bonds. The van der Waals surface area contributed by atoms with Crippen molar-refractivity contribution in [3.63, 3.8) is 0 Å². The smallest absolute Gasteiger partial charge is 0.406 e. The van der Waals surface area contributed by atoms with E-state index in [9.17, 15) is 23.1 Å².